The molecule has 4 nitrogen and oxygen atoms in total. The van der Waals surface area contributed by atoms with Gasteiger partial charge < -0.3 is 14.7 Å². The van der Waals surface area contributed by atoms with Crippen molar-refractivity contribution in [2.24, 2.45) is 0 Å². The van der Waals surface area contributed by atoms with Crippen LogP contribution in [0, 0.1) is 0 Å². The molecule has 2 atom stereocenters. The van der Waals surface area contributed by atoms with Gasteiger partial charge in [-0.15, -0.1) is 0 Å². The fourth-order valence-corrected chi connectivity index (χ4v) is 2.28. The first-order valence-electron chi connectivity index (χ1n) is 6.32. The van der Waals surface area contributed by atoms with Crippen molar-refractivity contribution in [3.8, 4) is 0 Å². The summed E-state index contributed by atoms with van der Waals surface area (Å²) >= 11 is 0. The number of hydrogen-bond acceptors (Lipinski definition) is 3. The van der Waals surface area contributed by atoms with Crippen LogP contribution < -0.4 is 0 Å². The highest BCUT2D eigenvalue weighted by atomic mass is 16.5. The molecular formula is C14H19NO3. The molecule has 1 heterocycles. The first kappa shape index (κ1) is 13.1. The molecule has 2 rings (SSSR count). The van der Waals surface area contributed by atoms with Crippen LogP contribution in [0.5, 0.6) is 0 Å². The summed E-state index contributed by atoms with van der Waals surface area (Å²) in [5.41, 5.74) is 1.12. The normalized spacial score (nSPS) is 22.0. The predicted molar refractivity (Wildman–Crippen MR) is 68.0 cm³/mol. The molecule has 1 aliphatic heterocycles. The Balaban J connectivity index is 2.10. The third-order valence-electron chi connectivity index (χ3n) is 3.35. The minimum atomic E-state index is -0.491. The summed E-state index contributed by atoms with van der Waals surface area (Å²) in [6, 6.07) is 10.0. The van der Waals surface area contributed by atoms with E-state index in [4.69, 9.17) is 9.84 Å². The van der Waals surface area contributed by atoms with E-state index in [1.165, 1.54) is 0 Å². The maximum absolute atomic E-state index is 12.2. The van der Waals surface area contributed by atoms with Crippen molar-refractivity contribution in [3.63, 3.8) is 0 Å². The average molecular weight is 249 g/mol. The highest BCUT2D eigenvalue weighted by Gasteiger charge is 2.32. The molecule has 1 amide bonds. The van der Waals surface area contributed by atoms with Crippen molar-refractivity contribution in [3.05, 3.63) is 35.9 Å². The van der Waals surface area contributed by atoms with Gasteiger partial charge in [0.05, 0.1) is 12.6 Å². The van der Waals surface area contributed by atoms with Crippen LogP contribution in [-0.2, 0) is 9.53 Å². The van der Waals surface area contributed by atoms with Gasteiger partial charge in [-0.05, 0) is 12.5 Å². The molecule has 1 aromatic rings. The maximum Gasteiger partial charge on any atom is 0.252 e. The third kappa shape index (κ3) is 2.71. The van der Waals surface area contributed by atoms with Crippen LogP contribution in [-0.4, -0.2) is 41.8 Å². The van der Waals surface area contributed by atoms with E-state index in [2.05, 4.69) is 0 Å². The second-order valence-electron chi connectivity index (χ2n) is 4.49. The first-order valence-corrected chi connectivity index (χ1v) is 6.32. The van der Waals surface area contributed by atoms with E-state index >= 15 is 0 Å². The molecule has 0 radical (unpaired) electrons. The van der Waals surface area contributed by atoms with Crippen molar-refractivity contribution in [1.82, 2.24) is 4.90 Å². The minimum absolute atomic E-state index is 0.0216. The Morgan fingerprint density at radius 1 is 1.44 bits per heavy atom. The summed E-state index contributed by atoms with van der Waals surface area (Å²) in [5, 5.41) is 8.93. The van der Waals surface area contributed by atoms with E-state index in [9.17, 15) is 4.79 Å². The van der Waals surface area contributed by atoms with E-state index in [0.29, 0.717) is 19.6 Å². The number of carbonyl (C=O) groups is 1. The Labute approximate surface area is 107 Å². The lowest BCUT2D eigenvalue weighted by Gasteiger charge is -2.36. The highest BCUT2D eigenvalue weighted by Crippen LogP contribution is 2.23. The highest BCUT2D eigenvalue weighted by molar-refractivity contribution is 5.82. The van der Waals surface area contributed by atoms with Crippen molar-refractivity contribution in [2.75, 3.05) is 19.8 Å². The molecule has 1 aliphatic rings. The Hall–Kier alpha value is -1.39. The number of aliphatic hydroxyl groups is 1. The lowest BCUT2D eigenvalue weighted by atomic mass is 10.0. The largest absolute Gasteiger partial charge is 0.396 e. The quantitative estimate of drug-likeness (QED) is 0.876. The zero-order valence-corrected chi connectivity index (χ0v) is 10.6. The van der Waals surface area contributed by atoms with Crippen molar-refractivity contribution < 1.29 is 14.6 Å². The lowest BCUT2D eigenvalue weighted by molar-refractivity contribution is -0.157. The Kier molecular flexibility index (Phi) is 4.33. The number of carbonyl (C=O) groups excluding carboxylic acids is 1. The second kappa shape index (κ2) is 5.98. The number of hydrogen-bond donors (Lipinski definition) is 1. The number of rotatable bonds is 4. The monoisotopic (exact) mass is 249 g/mol. The summed E-state index contributed by atoms with van der Waals surface area (Å²) in [4.78, 5) is 14.1. The van der Waals surface area contributed by atoms with Gasteiger partial charge in [-0.25, -0.2) is 0 Å². The van der Waals surface area contributed by atoms with Gasteiger partial charge in [0.1, 0.15) is 6.10 Å². The Morgan fingerprint density at radius 2 is 2.17 bits per heavy atom. The van der Waals surface area contributed by atoms with Crippen LogP contribution in [0.2, 0.25) is 0 Å². The molecule has 0 aliphatic carbocycles. The number of morpholine rings is 1. The van der Waals surface area contributed by atoms with Crippen LogP contribution in [0.1, 0.15) is 24.9 Å². The number of ether oxygens (including phenoxy) is 1. The van der Waals surface area contributed by atoms with Gasteiger partial charge in [0.25, 0.3) is 5.91 Å². The van der Waals surface area contributed by atoms with Gasteiger partial charge in [-0.2, -0.15) is 0 Å². The molecule has 0 aromatic heterocycles. The summed E-state index contributed by atoms with van der Waals surface area (Å²) in [6.45, 7) is 3.14. The van der Waals surface area contributed by atoms with Gasteiger partial charge in [-0.1, -0.05) is 30.3 Å². The van der Waals surface area contributed by atoms with Crippen LogP contribution in [0.25, 0.3) is 0 Å². The summed E-state index contributed by atoms with van der Waals surface area (Å²) in [7, 11) is 0. The number of aliphatic hydroxyl groups excluding tert-OH is 1. The van der Waals surface area contributed by atoms with Gasteiger partial charge in [0.2, 0.25) is 0 Å². The fraction of sp³-hybridized carbons (Fsp3) is 0.500. The third-order valence-corrected chi connectivity index (χ3v) is 3.35. The molecule has 0 saturated carbocycles. The molecule has 2 unspecified atom stereocenters. The van der Waals surface area contributed by atoms with Crippen LogP contribution >= 0.6 is 0 Å². The molecule has 0 bridgehead atoms. The van der Waals surface area contributed by atoms with E-state index in [1.807, 2.05) is 42.2 Å². The maximum atomic E-state index is 12.2. The van der Waals surface area contributed by atoms with Gasteiger partial charge in [0, 0.05) is 19.6 Å². The van der Waals surface area contributed by atoms with Crippen molar-refractivity contribution in [1.29, 1.82) is 0 Å². The van der Waals surface area contributed by atoms with Crippen molar-refractivity contribution >= 4 is 5.91 Å². The molecule has 18 heavy (non-hydrogen) atoms. The summed E-state index contributed by atoms with van der Waals surface area (Å²) < 4.78 is 5.40. The molecule has 1 saturated heterocycles. The zero-order chi connectivity index (χ0) is 13.0. The molecule has 1 fully saturated rings. The second-order valence-corrected chi connectivity index (χ2v) is 4.49. The van der Waals surface area contributed by atoms with E-state index in [0.717, 1.165) is 5.56 Å². The molecular weight excluding hydrogens is 230 g/mol. The standard InChI is InChI=1S/C14H19NO3/c1-11(12-5-3-2-4-6-12)15-8-10-18-13(7-9-16)14(15)17/h2-6,11,13,16H,7-10H2,1H3. The van der Waals surface area contributed by atoms with Gasteiger partial charge >= 0.3 is 0 Å². The van der Waals surface area contributed by atoms with Crippen LogP contribution in [0.4, 0.5) is 0 Å². The van der Waals surface area contributed by atoms with E-state index < -0.39 is 6.10 Å². The molecule has 98 valence electrons. The van der Waals surface area contributed by atoms with Crippen LogP contribution in [0.15, 0.2) is 30.3 Å². The number of benzene rings is 1. The lowest BCUT2D eigenvalue weighted by Crippen LogP contribution is -2.48. The molecule has 4 heteroatoms. The average Bonchev–Trinajstić information content (AvgIpc) is 2.42. The Bertz CT molecular complexity index is 391. The Morgan fingerprint density at radius 3 is 2.83 bits per heavy atom. The molecule has 0 spiro atoms. The minimum Gasteiger partial charge on any atom is -0.396 e. The van der Waals surface area contributed by atoms with Crippen LogP contribution in [0.3, 0.4) is 0 Å². The molecule has 1 N–H and O–H groups in total. The summed E-state index contributed by atoms with van der Waals surface area (Å²) in [5.74, 6) is -0.0216. The van der Waals surface area contributed by atoms with E-state index in [-0.39, 0.29) is 18.6 Å². The van der Waals surface area contributed by atoms with Crippen molar-refractivity contribution in [2.45, 2.75) is 25.5 Å². The number of nitrogens with zero attached hydrogens (tertiary/aromatic N) is 1. The molecule has 1 aromatic carbocycles. The smallest absolute Gasteiger partial charge is 0.252 e. The first-order chi connectivity index (χ1) is 8.74. The summed E-state index contributed by atoms with van der Waals surface area (Å²) in [6.07, 6.45) is -0.119. The zero-order valence-electron chi connectivity index (χ0n) is 10.6. The van der Waals surface area contributed by atoms with Gasteiger partial charge in [-0.3, -0.25) is 4.79 Å². The van der Waals surface area contributed by atoms with Gasteiger partial charge in [0.15, 0.2) is 0 Å². The number of amides is 1. The fourth-order valence-electron chi connectivity index (χ4n) is 2.28. The topological polar surface area (TPSA) is 49.8 Å². The van der Waals surface area contributed by atoms with E-state index in [1.54, 1.807) is 0 Å². The SMILES string of the molecule is CC(c1ccccc1)N1CCOC(CCO)C1=O. The predicted octanol–water partition coefficient (Wildman–Crippen LogP) is 1.36.